The van der Waals surface area contributed by atoms with Crippen LogP contribution in [0, 0.1) is 0 Å². The van der Waals surface area contributed by atoms with E-state index in [9.17, 15) is 15.0 Å². The van der Waals surface area contributed by atoms with E-state index >= 15 is 0 Å². The van der Waals surface area contributed by atoms with Crippen LogP contribution in [0.25, 0.3) is 6.08 Å². The topological polar surface area (TPSA) is 86.0 Å². The van der Waals surface area contributed by atoms with E-state index in [-0.39, 0.29) is 22.6 Å². The number of pyridine rings is 1. The molecule has 0 radical (unpaired) electrons. The number of phenols is 2. The number of aromatic hydroxyl groups is 2. The minimum absolute atomic E-state index is 0.223. The fraction of sp³-hybridized carbons (Fsp3) is 0.0556. The van der Waals surface area contributed by atoms with Gasteiger partial charge in [0.25, 0.3) is 5.91 Å². The van der Waals surface area contributed by atoms with Gasteiger partial charge in [0, 0.05) is 12.7 Å². The summed E-state index contributed by atoms with van der Waals surface area (Å²) in [5, 5.41) is 19.7. The van der Waals surface area contributed by atoms with Gasteiger partial charge in [-0.2, -0.15) is 0 Å². The van der Waals surface area contributed by atoms with Crippen molar-refractivity contribution in [1.29, 1.82) is 0 Å². The lowest BCUT2D eigenvalue weighted by molar-refractivity contribution is -0.121. The Morgan fingerprint density at radius 3 is 2.81 bits per heavy atom. The number of carbonyl (C=O) groups excluding carboxylic acids is 1. The van der Waals surface area contributed by atoms with Gasteiger partial charge in [0.1, 0.15) is 5.69 Å². The Morgan fingerprint density at radius 2 is 2.12 bits per heavy atom. The molecule has 0 saturated carbocycles. The molecule has 2 heterocycles. The molecule has 1 aliphatic rings. The first-order valence-electron chi connectivity index (χ1n) is 7.53. The van der Waals surface area contributed by atoms with Crippen molar-refractivity contribution in [2.75, 3.05) is 6.54 Å². The maximum atomic E-state index is 12.7. The van der Waals surface area contributed by atoms with Crippen LogP contribution in [-0.4, -0.2) is 37.7 Å². The fourth-order valence-corrected chi connectivity index (χ4v) is 3.39. The summed E-state index contributed by atoms with van der Waals surface area (Å²) in [6.07, 6.45) is 4.78. The highest BCUT2D eigenvalue weighted by molar-refractivity contribution is 8.18. The summed E-state index contributed by atoms with van der Waals surface area (Å²) in [7, 11) is 0. The van der Waals surface area contributed by atoms with Crippen molar-refractivity contribution in [3.8, 4) is 11.5 Å². The number of aromatic nitrogens is 1. The number of carbonyl (C=O) groups is 1. The molecule has 1 fully saturated rings. The van der Waals surface area contributed by atoms with E-state index in [0.717, 1.165) is 0 Å². The van der Waals surface area contributed by atoms with E-state index in [1.165, 1.54) is 28.8 Å². The van der Waals surface area contributed by atoms with Crippen molar-refractivity contribution in [2.24, 2.45) is 4.99 Å². The molecule has 8 heteroatoms. The van der Waals surface area contributed by atoms with E-state index in [2.05, 4.69) is 16.6 Å². The van der Waals surface area contributed by atoms with Gasteiger partial charge in [-0.25, -0.2) is 9.98 Å². The van der Waals surface area contributed by atoms with E-state index in [1.807, 2.05) is 0 Å². The molecule has 1 saturated heterocycles. The first kappa shape index (κ1) is 18.0. The maximum absolute atomic E-state index is 12.7. The average Bonchev–Trinajstić information content (AvgIpc) is 2.89. The molecule has 0 atom stereocenters. The number of benzene rings is 1. The summed E-state index contributed by atoms with van der Waals surface area (Å²) in [6, 6.07) is 7.75. The van der Waals surface area contributed by atoms with Gasteiger partial charge < -0.3 is 10.2 Å². The Balaban J connectivity index is 1.98. The molecule has 1 aromatic heterocycles. The van der Waals surface area contributed by atoms with E-state index in [1.54, 1.807) is 36.5 Å². The highest BCUT2D eigenvalue weighted by Crippen LogP contribution is 2.36. The SMILES string of the molecule is C=CCN1C(=O)/C(=C/c2ccc(O)c(O)c2)SC1=Nc1cccnc1Cl. The molecule has 6 nitrogen and oxygen atoms in total. The van der Waals surface area contributed by atoms with Crippen LogP contribution >= 0.6 is 23.4 Å². The molecule has 2 aromatic rings. The normalized spacial score (nSPS) is 17.3. The van der Waals surface area contributed by atoms with Crippen molar-refractivity contribution >= 4 is 46.2 Å². The Morgan fingerprint density at radius 1 is 1.31 bits per heavy atom. The van der Waals surface area contributed by atoms with E-state index < -0.39 is 0 Å². The van der Waals surface area contributed by atoms with Gasteiger partial charge in [-0.15, -0.1) is 6.58 Å². The van der Waals surface area contributed by atoms with Crippen molar-refractivity contribution in [3.63, 3.8) is 0 Å². The molecule has 1 aromatic carbocycles. The lowest BCUT2D eigenvalue weighted by atomic mass is 10.2. The first-order chi connectivity index (χ1) is 12.5. The van der Waals surface area contributed by atoms with Crippen LogP contribution < -0.4 is 0 Å². The van der Waals surface area contributed by atoms with Crippen LogP contribution in [-0.2, 0) is 4.79 Å². The molecule has 132 valence electrons. The Hall–Kier alpha value is -2.77. The first-order valence-corrected chi connectivity index (χ1v) is 8.72. The number of rotatable bonds is 4. The number of hydrogen-bond donors (Lipinski definition) is 2. The summed E-state index contributed by atoms with van der Waals surface area (Å²) >= 11 is 7.23. The average molecular weight is 388 g/mol. The Labute approximate surface area is 159 Å². The zero-order chi connectivity index (χ0) is 18.7. The fourth-order valence-electron chi connectivity index (χ4n) is 2.23. The predicted molar refractivity (Wildman–Crippen MR) is 104 cm³/mol. The van der Waals surface area contributed by atoms with Crippen LogP contribution in [0.5, 0.6) is 11.5 Å². The standard InChI is InChI=1S/C18H14ClN3O3S/c1-2-8-22-17(25)15(10-11-5-6-13(23)14(24)9-11)26-18(22)21-12-4-3-7-20-16(12)19/h2-7,9-10,23-24H,1,8H2/b15-10-,21-18?. The van der Waals surface area contributed by atoms with Gasteiger partial charge in [0.05, 0.1) is 4.91 Å². The summed E-state index contributed by atoms with van der Waals surface area (Å²) in [5.74, 6) is -0.714. The van der Waals surface area contributed by atoms with Crippen molar-refractivity contribution < 1.29 is 15.0 Å². The van der Waals surface area contributed by atoms with Crippen LogP contribution in [0.3, 0.4) is 0 Å². The highest BCUT2D eigenvalue weighted by atomic mass is 35.5. The molecular formula is C18H14ClN3O3S. The third-order valence-electron chi connectivity index (χ3n) is 3.45. The summed E-state index contributed by atoms with van der Waals surface area (Å²) in [6.45, 7) is 3.96. The second-order valence-electron chi connectivity index (χ2n) is 5.27. The molecule has 0 bridgehead atoms. The number of amidine groups is 1. The number of hydrogen-bond acceptors (Lipinski definition) is 6. The molecular weight excluding hydrogens is 374 g/mol. The minimum Gasteiger partial charge on any atom is -0.504 e. The molecule has 26 heavy (non-hydrogen) atoms. The number of halogens is 1. The number of aliphatic imine (C=N–C) groups is 1. The van der Waals surface area contributed by atoms with Crippen LogP contribution in [0.4, 0.5) is 5.69 Å². The Bertz CT molecular complexity index is 943. The van der Waals surface area contributed by atoms with E-state index in [4.69, 9.17) is 11.6 Å². The van der Waals surface area contributed by atoms with Crippen LogP contribution in [0.2, 0.25) is 5.15 Å². The quantitative estimate of drug-likeness (QED) is 0.359. The summed E-state index contributed by atoms with van der Waals surface area (Å²) < 4.78 is 0. The van der Waals surface area contributed by atoms with E-state index in [0.29, 0.717) is 27.9 Å². The lowest BCUT2D eigenvalue weighted by Gasteiger charge is -2.12. The van der Waals surface area contributed by atoms with Gasteiger partial charge in [-0.1, -0.05) is 23.7 Å². The molecule has 0 spiro atoms. The predicted octanol–water partition coefficient (Wildman–Crippen LogP) is 3.94. The Kier molecular flexibility index (Phi) is 5.29. The summed E-state index contributed by atoms with van der Waals surface area (Å²) in [4.78, 5) is 23.0. The molecule has 0 unspecified atom stereocenters. The van der Waals surface area contributed by atoms with Gasteiger partial charge in [-0.3, -0.25) is 9.69 Å². The van der Waals surface area contributed by atoms with Gasteiger partial charge in [0.15, 0.2) is 21.8 Å². The monoisotopic (exact) mass is 387 g/mol. The number of nitrogens with zero attached hydrogens (tertiary/aromatic N) is 3. The smallest absolute Gasteiger partial charge is 0.267 e. The third kappa shape index (κ3) is 3.74. The lowest BCUT2D eigenvalue weighted by Crippen LogP contribution is -2.29. The van der Waals surface area contributed by atoms with Gasteiger partial charge >= 0.3 is 0 Å². The van der Waals surface area contributed by atoms with Gasteiger partial charge in [-0.05, 0) is 47.7 Å². The zero-order valence-corrected chi connectivity index (χ0v) is 15.0. The molecule has 2 N–H and O–H groups in total. The zero-order valence-electron chi connectivity index (χ0n) is 13.5. The van der Waals surface area contributed by atoms with Crippen molar-refractivity contribution in [1.82, 2.24) is 9.88 Å². The molecule has 1 aliphatic heterocycles. The highest BCUT2D eigenvalue weighted by Gasteiger charge is 2.32. The number of amides is 1. The number of thioether (sulfide) groups is 1. The maximum Gasteiger partial charge on any atom is 0.267 e. The second-order valence-corrected chi connectivity index (χ2v) is 6.64. The van der Waals surface area contributed by atoms with Crippen molar-refractivity contribution in [2.45, 2.75) is 0 Å². The second kappa shape index (κ2) is 7.63. The van der Waals surface area contributed by atoms with Gasteiger partial charge in [0.2, 0.25) is 0 Å². The molecule has 3 rings (SSSR count). The molecule has 0 aliphatic carbocycles. The third-order valence-corrected chi connectivity index (χ3v) is 4.75. The molecule has 1 amide bonds. The largest absolute Gasteiger partial charge is 0.504 e. The minimum atomic E-state index is -0.256. The van der Waals surface area contributed by atoms with Crippen LogP contribution in [0.1, 0.15) is 5.56 Å². The number of phenolic OH excluding ortho intramolecular Hbond substituents is 2. The summed E-state index contributed by atoms with van der Waals surface area (Å²) in [5.41, 5.74) is 1.04. The van der Waals surface area contributed by atoms with Crippen LogP contribution in [0.15, 0.2) is 59.1 Å². The van der Waals surface area contributed by atoms with Crippen molar-refractivity contribution in [3.05, 3.63) is 64.8 Å².